The highest BCUT2D eigenvalue weighted by molar-refractivity contribution is 6.07. The minimum Gasteiger partial charge on any atom is -0.493 e. The lowest BCUT2D eigenvalue weighted by Crippen LogP contribution is -2.38. The highest BCUT2D eigenvalue weighted by Crippen LogP contribution is 2.28. The maximum Gasteiger partial charge on any atom is 0.272 e. The Kier molecular flexibility index (Phi) is 9.57. The van der Waals surface area contributed by atoms with Crippen LogP contribution in [0.3, 0.4) is 0 Å². The number of nitrogens with zero attached hydrogens (tertiary/aromatic N) is 3. The summed E-state index contributed by atoms with van der Waals surface area (Å²) >= 11 is 0. The summed E-state index contributed by atoms with van der Waals surface area (Å²) in [6.45, 7) is 6.93. The number of aromatic nitrogens is 1. The quantitative estimate of drug-likeness (QED) is 0.200. The number of rotatable bonds is 11. The molecule has 0 spiro atoms. The van der Waals surface area contributed by atoms with E-state index in [4.69, 9.17) is 19.2 Å². The summed E-state index contributed by atoms with van der Waals surface area (Å²) in [7, 11) is 1.61. The number of nitrogens with one attached hydrogen (secondary N) is 1. The number of pyridine rings is 1. The Labute approximate surface area is 240 Å². The molecule has 212 valence electrons. The van der Waals surface area contributed by atoms with Gasteiger partial charge in [-0.05, 0) is 47.9 Å². The van der Waals surface area contributed by atoms with E-state index in [2.05, 4.69) is 46.6 Å². The molecule has 0 aliphatic carbocycles. The summed E-state index contributed by atoms with van der Waals surface area (Å²) in [4.78, 5) is 20.4. The molecule has 4 aromatic rings. The van der Waals surface area contributed by atoms with E-state index in [0.29, 0.717) is 23.7 Å². The van der Waals surface area contributed by atoms with Gasteiger partial charge in [0.1, 0.15) is 6.61 Å². The van der Waals surface area contributed by atoms with Crippen LogP contribution in [-0.4, -0.2) is 68.6 Å². The zero-order valence-corrected chi connectivity index (χ0v) is 23.6. The van der Waals surface area contributed by atoms with Crippen LogP contribution in [0.25, 0.3) is 22.2 Å². The van der Waals surface area contributed by atoms with Gasteiger partial charge in [-0.25, -0.2) is 10.4 Å². The minimum absolute atomic E-state index is 0.307. The van der Waals surface area contributed by atoms with Crippen LogP contribution in [0.1, 0.15) is 34.8 Å². The second-order valence-corrected chi connectivity index (χ2v) is 9.93. The fourth-order valence-corrected chi connectivity index (χ4v) is 4.86. The molecule has 1 aliphatic heterocycles. The summed E-state index contributed by atoms with van der Waals surface area (Å²) in [6, 6.07) is 23.4. The van der Waals surface area contributed by atoms with Crippen molar-refractivity contribution in [3.8, 4) is 22.8 Å². The monoisotopic (exact) mass is 552 g/mol. The molecule has 8 nitrogen and oxygen atoms in total. The van der Waals surface area contributed by atoms with Gasteiger partial charge in [-0.2, -0.15) is 5.10 Å². The summed E-state index contributed by atoms with van der Waals surface area (Å²) in [5.74, 6) is 0.969. The Morgan fingerprint density at radius 1 is 1.05 bits per heavy atom. The zero-order chi connectivity index (χ0) is 28.4. The molecular weight excluding hydrogens is 516 g/mol. The number of benzene rings is 3. The predicted molar refractivity (Wildman–Crippen MR) is 162 cm³/mol. The van der Waals surface area contributed by atoms with Gasteiger partial charge in [-0.3, -0.25) is 9.69 Å². The Morgan fingerprint density at radius 3 is 2.63 bits per heavy atom. The first-order valence-electron chi connectivity index (χ1n) is 14.1. The number of hydrogen-bond donors (Lipinski definition) is 1. The molecule has 3 aromatic carbocycles. The van der Waals surface area contributed by atoms with Crippen LogP contribution in [-0.2, 0) is 11.2 Å². The number of hydrogen-bond acceptors (Lipinski definition) is 7. The molecule has 1 N–H and O–H groups in total. The molecule has 2 heterocycles. The third-order valence-corrected chi connectivity index (χ3v) is 7.09. The van der Waals surface area contributed by atoms with Gasteiger partial charge in [0, 0.05) is 30.6 Å². The lowest BCUT2D eigenvalue weighted by atomic mass is 10.0. The maximum absolute atomic E-state index is 13.3. The normalized spacial score (nSPS) is 13.9. The molecule has 1 fully saturated rings. The van der Waals surface area contributed by atoms with Crippen LogP contribution < -0.4 is 14.9 Å². The van der Waals surface area contributed by atoms with Crippen molar-refractivity contribution in [3.63, 3.8) is 0 Å². The number of carbonyl (C=O) groups excluding carboxylic acids is 1. The van der Waals surface area contributed by atoms with Gasteiger partial charge in [-0.1, -0.05) is 55.8 Å². The number of morpholine rings is 1. The summed E-state index contributed by atoms with van der Waals surface area (Å²) in [5, 5.41) is 5.00. The van der Waals surface area contributed by atoms with E-state index >= 15 is 0 Å². The van der Waals surface area contributed by atoms with Crippen molar-refractivity contribution in [1.29, 1.82) is 0 Å². The van der Waals surface area contributed by atoms with Crippen molar-refractivity contribution in [3.05, 3.63) is 89.5 Å². The van der Waals surface area contributed by atoms with Gasteiger partial charge in [0.25, 0.3) is 5.91 Å². The van der Waals surface area contributed by atoms with Gasteiger partial charge < -0.3 is 14.2 Å². The third-order valence-electron chi connectivity index (χ3n) is 7.09. The number of fused-ring (bicyclic) bond motifs is 1. The van der Waals surface area contributed by atoms with E-state index in [1.165, 1.54) is 5.56 Å². The van der Waals surface area contributed by atoms with E-state index in [-0.39, 0.29) is 5.91 Å². The smallest absolute Gasteiger partial charge is 0.272 e. The second-order valence-electron chi connectivity index (χ2n) is 9.93. The first kappa shape index (κ1) is 28.3. The lowest BCUT2D eigenvalue weighted by Gasteiger charge is -2.26. The average molecular weight is 553 g/mol. The molecule has 0 bridgehead atoms. The van der Waals surface area contributed by atoms with E-state index in [1.54, 1.807) is 13.3 Å². The van der Waals surface area contributed by atoms with Crippen molar-refractivity contribution in [1.82, 2.24) is 15.3 Å². The van der Waals surface area contributed by atoms with Gasteiger partial charge >= 0.3 is 0 Å². The molecule has 0 saturated carbocycles. The summed E-state index contributed by atoms with van der Waals surface area (Å²) < 4.78 is 16.9. The predicted octanol–water partition coefficient (Wildman–Crippen LogP) is 5.34. The molecule has 0 atom stereocenters. The van der Waals surface area contributed by atoms with Gasteiger partial charge in [-0.15, -0.1) is 0 Å². The van der Waals surface area contributed by atoms with Crippen LogP contribution in [0, 0.1) is 0 Å². The van der Waals surface area contributed by atoms with Crippen molar-refractivity contribution >= 4 is 23.0 Å². The molecule has 1 saturated heterocycles. The third kappa shape index (κ3) is 7.28. The molecular formula is C33H36N4O4. The van der Waals surface area contributed by atoms with Crippen molar-refractivity contribution in [2.45, 2.75) is 19.8 Å². The fraction of sp³-hybridized carbons (Fsp3) is 0.303. The van der Waals surface area contributed by atoms with Crippen LogP contribution in [0.2, 0.25) is 0 Å². The molecule has 0 unspecified atom stereocenters. The Bertz CT molecular complexity index is 1500. The number of carbonyl (C=O) groups is 1. The highest BCUT2D eigenvalue weighted by atomic mass is 16.5. The van der Waals surface area contributed by atoms with Gasteiger partial charge in [0.2, 0.25) is 0 Å². The topological polar surface area (TPSA) is 85.3 Å². The van der Waals surface area contributed by atoms with E-state index < -0.39 is 0 Å². The Morgan fingerprint density at radius 2 is 1.85 bits per heavy atom. The zero-order valence-electron chi connectivity index (χ0n) is 23.6. The first-order chi connectivity index (χ1) is 20.1. The van der Waals surface area contributed by atoms with E-state index in [1.807, 2.05) is 48.5 Å². The fourth-order valence-electron chi connectivity index (χ4n) is 4.86. The molecule has 5 rings (SSSR count). The lowest BCUT2D eigenvalue weighted by molar-refractivity contribution is 0.0321. The molecule has 0 radical (unpaired) electrons. The first-order valence-corrected chi connectivity index (χ1v) is 14.1. The number of methoxy groups -OCH3 is 1. The molecule has 8 heteroatoms. The number of aryl methyl sites for hydroxylation is 1. The Hall–Kier alpha value is -4.27. The number of hydrazone groups is 1. The minimum atomic E-state index is -0.307. The van der Waals surface area contributed by atoms with Gasteiger partial charge in [0.15, 0.2) is 11.5 Å². The molecule has 1 aromatic heterocycles. The van der Waals surface area contributed by atoms with Crippen LogP contribution in [0.15, 0.2) is 77.9 Å². The van der Waals surface area contributed by atoms with Crippen LogP contribution in [0.5, 0.6) is 11.5 Å². The molecule has 1 amide bonds. The average Bonchev–Trinajstić information content (AvgIpc) is 3.02. The highest BCUT2D eigenvalue weighted by Gasteiger charge is 2.14. The standard InChI is InChI=1S/C33H36N4O4/c1-3-6-24-9-12-26(13-10-24)30-22-28(27-7-4-5-8-29(27)35-30)33(38)36-34-23-25-11-14-31(32(21-25)39-2)41-20-17-37-15-18-40-19-16-37/h4-5,7-14,21-23H,3,6,15-20H2,1-2H3,(H,36,38). The molecule has 1 aliphatic rings. The summed E-state index contributed by atoms with van der Waals surface area (Å²) in [5.41, 5.74) is 7.72. The number of para-hydroxylation sites is 1. The Balaban J connectivity index is 1.27. The molecule has 41 heavy (non-hydrogen) atoms. The van der Waals surface area contributed by atoms with Crippen molar-refractivity contribution in [2.75, 3.05) is 46.6 Å². The van der Waals surface area contributed by atoms with Gasteiger partial charge in [0.05, 0.1) is 43.3 Å². The van der Waals surface area contributed by atoms with E-state index in [9.17, 15) is 4.79 Å². The SMILES string of the molecule is CCCc1ccc(-c2cc(C(=O)NN=Cc3ccc(OCCN4CCOCC4)c(OC)c3)c3ccccc3n2)cc1. The van der Waals surface area contributed by atoms with Crippen molar-refractivity contribution < 1.29 is 19.0 Å². The van der Waals surface area contributed by atoms with E-state index in [0.717, 1.165) is 73.4 Å². The van der Waals surface area contributed by atoms with Crippen LogP contribution >= 0.6 is 0 Å². The van der Waals surface area contributed by atoms with Crippen molar-refractivity contribution in [2.24, 2.45) is 5.10 Å². The second kappa shape index (κ2) is 13.9. The largest absolute Gasteiger partial charge is 0.493 e. The van der Waals surface area contributed by atoms with Crippen LogP contribution in [0.4, 0.5) is 0 Å². The maximum atomic E-state index is 13.3. The number of amides is 1. The summed E-state index contributed by atoms with van der Waals surface area (Å²) in [6.07, 6.45) is 3.72. The number of ether oxygens (including phenoxy) is 3.